The van der Waals surface area contributed by atoms with E-state index in [2.05, 4.69) is 29.1 Å². The number of nitrogens with one attached hydrogen (secondary N) is 1. The van der Waals surface area contributed by atoms with Crippen LogP contribution in [0.5, 0.6) is 0 Å². The number of rotatable bonds is 6. The molecule has 1 atom stereocenters. The van der Waals surface area contributed by atoms with Crippen molar-refractivity contribution in [2.75, 3.05) is 6.54 Å². The summed E-state index contributed by atoms with van der Waals surface area (Å²) in [5.74, 6) is 0. The van der Waals surface area contributed by atoms with E-state index in [1.807, 2.05) is 0 Å². The van der Waals surface area contributed by atoms with Crippen LogP contribution in [0.1, 0.15) is 50.1 Å². The van der Waals surface area contributed by atoms with Crippen molar-refractivity contribution < 1.29 is 0 Å². The van der Waals surface area contributed by atoms with E-state index < -0.39 is 0 Å². The third-order valence-corrected chi connectivity index (χ3v) is 3.53. The molecule has 17 heavy (non-hydrogen) atoms. The Hall–Kier alpha value is -0.960. The van der Waals surface area contributed by atoms with Gasteiger partial charge in [-0.25, -0.2) is 9.97 Å². The molecule has 2 rings (SSSR count). The minimum absolute atomic E-state index is 0.574. The van der Waals surface area contributed by atoms with Gasteiger partial charge in [0, 0.05) is 23.9 Å². The average molecular weight is 233 g/mol. The van der Waals surface area contributed by atoms with Gasteiger partial charge >= 0.3 is 0 Å². The van der Waals surface area contributed by atoms with Crippen LogP contribution in [0.3, 0.4) is 0 Å². The van der Waals surface area contributed by atoms with Crippen molar-refractivity contribution in [3.05, 3.63) is 23.3 Å². The number of aryl methyl sites for hydroxylation is 1. The van der Waals surface area contributed by atoms with Gasteiger partial charge in [0.15, 0.2) is 0 Å². The second kappa shape index (κ2) is 6.10. The van der Waals surface area contributed by atoms with Crippen LogP contribution in [0.15, 0.2) is 6.33 Å². The first kappa shape index (κ1) is 12.5. The van der Waals surface area contributed by atoms with E-state index in [1.54, 1.807) is 6.33 Å². The van der Waals surface area contributed by atoms with Gasteiger partial charge in [0.25, 0.3) is 0 Å². The molecule has 3 nitrogen and oxygen atoms in total. The van der Waals surface area contributed by atoms with E-state index in [1.165, 1.54) is 42.6 Å². The molecule has 0 aromatic carbocycles. The Kier molecular flexibility index (Phi) is 4.49. The Bertz CT molecular complexity index is 356. The number of nitrogens with zero attached hydrogens (tertiary/aromatic N) is 2. The van der Waals surface area contributed by atoms with E-state index in [0.29, 0.717) is 6.04 Å². The molecule has 1 aliphatic rings. The van der Waals surface area contributed by atoms with Crippen molar-refractivity contribution >= 4 is 0 Å². The Morgan fingerprint density at radius 2 is 2.18 bits per heavy atom. The van der Waals surface area contributed by atoms with E-state index in [-0.39, 0.29) is 0 Å². The predicted molar refractivity (Wildman–Crippen MR) is 70.1 cm³/mol. The van der Waals surface area contributed by atoms with Gasteiger partial charge in [-0.15, -0.1) is 0 Å². The summed E-state index contributed by atoms with van der Waals surface area (Å²) >= 11 is 0. The van der Waals surface area contributed by atoms with E-state index in [9.17, 15) is 0 Å². The zero-order chi connectivity index (χ0) is 12.1. The van der Waals surface area contributed by atoms with Gasteiger partial charge in [0.2, 0.25) is 0 Å². The van der Waals surface area contributed by atoms with Crippen LogP contribution in [0.25, 0.3) is 0 Å². The maximum atomic E-state index is 4.50. The van der Waals surface area contributed by atoms with Crippen molar-refractivity contribution in [2.45, 2.75) is 58.4 Å². The largest absolute Gasteiger partial charge is 0.314 e. The van der Waals surface area contributed by atoms with Crippen molar-refractivity contribution in [2.24, 2.45) is 0 Å². The standard InChI is InChI=1S/C14H23N3/c1-3-6-11(15-4-2)9-14-12-7-5-8-13(12)16-10-17-14/h10-11,15H,3-9H2,1-2H3. The highest BCUT2D eigenvalue weighted by atomic mass is 14.9. The Balaban J connectivity index is 2.09. The number of fused-ring (bicyclic) bond motifs is 1. The summed E-state index contributed by atoms with van der Waals surface area (Å²) in [5.41, 5.74) is 4.01. The second-order valence-corrected chi connectivity index (χ2v) is 4.85. The normalized spacial score (nSPS) is 15.9. The summed E-state index contributed by atoms with van der Waals surface area (Å²) in [6.45, 7) is 5.46. The highest BCUT2D eigenvalue weighted by molar-refractivity contribution is 5.29. The van der Waals surface area contributed by atoms with Crippen LogP contribution in [0, 0.1) is 0 Å². The van der Waals surface area contributed by atoms with E-state index >= 15 is 0 Å². The van der Waals surface area contributed by atoms with Crippen molar-refractivity contribution in [3.8, 4) is 0 Å². The van der Waals surface area contributed by atoms with Crippen LogP contribution in [-0.2, 0) is 19.3 Å². The lowest BCUT2D eigenvalue weighted by Crippen LogP contribution is -2.31. The average Bonchev–Trinajstić information content (AvgIpc) is 2.79. The summed E-state index contributed by atoms with van der Waals surface area (Å²) in [6, 6.07) is 0.574. The molecule has 0 saturated carbocycles. The Morgan fingerprint density at radius 3 is 2.94 bits per heavy atom. The lowest BCUT2D eigenvalue weighted by molar-refractivity contribution is 0.480. The third-order valence-electron chi connectivity index (χ3n) is 3.53. The second-order valence-electron chi connectivity index (χ2n) is 4.85. The molecular weight excluding hydrogens is 210 g/mol. The fourth-order valence-corrected chi connectivity index (χ4v) is 2.75. The van der Waals surface area contributed by atoms with Gasteiger partial charge in [-0.3, -0.25) is 0 Å². The predicted octanol–water partition coefficient (Wildman–Crippen LogP) is 2.29. The van der Waals surface area contributed by atoms with Crippen molar-refractivity contribution in [1.29, 1.82) is 0 Å². The summed E-state index contributed by atoms with van der Waals surface area (Å²) < 4.78 is 0. The zero-order valence-corrected chi connectivity index (χ0v) is 11.0. The van der Waals surface area contributed by atoms with Crippen molar-refractivity contribution in [3.63, 3.8) is 0 Å². The molecule has 3 heteroatoms. The van der Waals surface area contributed by atoms with Gasteiger partial charge in [0.1, 0.15) is 6.33 Å². The smallest absolute Gasteiger partial charge is 0.115 e. The highest BCUT2D eigenvalue weighted by Gasteiger charge is 2.19. The first-order valence-electron chi connectivity index (χ1n) is 6.90. The number of hydrogen-bond acceptors (Lipinski definition) is 3. The molecule has 0 amide bonds. The third kappa shape index (κ3) is 3.03. The topological polar surface area (TPSA) is 37.8 Å². The highest BCUT2D eigenvalue weighted by Crippen LogP contribution is 2.23. The van der Waals surface area contributed by atoms with Gasteiger partial charge in [-0.2, -0.15) is 0 Å². The minimum Gasteiger partial charge on any atom is -0.314 e. The zero-order valence-electron chi connectivity index (χ0n) is 11.0. The van der Waals surface area contributed by atoms with Gasteiger partial charge < -0.3 is 5.32 Å². The summed E-state index contributed by atoms with van der Waals surface area (Å²) in [7, 11) is 0. The molecule has 0 spiro atoms. The molecule has 1 N–H and O–H groups in total. The number of likely N-dealkylation sites (N-methyl/N-ethyl adjacent to an activating group) is 1. The number of hydrogen-bond donors (Lipinski definition) is 1. The molecule has 0 radical (unpaired) electrons. The molecule has 1 unspecified atom stereocenters. The fourth-order valence-electron chi connectivity index (χ4n) is 2.75. The summed E-state index contributed by atoms with van der Waals surface area (Å²) in [5, 5.41) is 3.56. The van der Waals surface area contributed by atoms with E-state index in [0.717, 1.165) is 19.4 Å². The van der Waals surface area contributed by atoms with Gasteiger partial charge in [0.05, 0.1) is 0 Å². The summed E-state index contributed by atoms with van der Waals surface area (Å²) in [6.07, 6.45) is 8.83. The maximum Gasteiger partial charge on any atom is 0.115 e. The first-order chi connectivity index (χ1) is 8.35. The molecule has 1 heterocycles. The quantitative estimate of drug-likeness (QED) is 0.819. The van der Waals surface area contributed by atoms with Gasteiger partial charge in [-0.05, 0) is 37.8 Å². The molecule has 0 bridgehead atoms. The molecule has 1 aromatic rings. The fraction of sp³-hybridized carbons (Fsp3) is 0.714. The van der Waals surface area contributed by atoms with Crippen LogP contribution in [0.2, 0.25) is 0 Å². The lowest BCUT2D eigenvalue weighted by Gasteiger charge is -2.17. The van der Waals surface area contributed by atoms with Crippen LogP contribution < -0.4 is 5.32 Å². The SMILES string of the molecule is CCCC(Cc1ncnc2c1CCC2)NCC. The number of aromatic nitrogens is 2. The molecule has 1 aliphatic carbocycles. The molecule has 0 saturated heterocycles. The van der Waals surface area contributed by atoms with Crippen molar-refractivity contribution in [1.82, 2.24) is 15.3 Å². The van der Waals surface area contributed by atoms with Crippen LogP contribution in [0.4, 0.5) is 0 Å². The minimum atomic E-state index is 0.574. The molecule has 0 fully saturated rings. The van der Waals surface area contributed by atoms with Gasteiger partial charge in [-0.1, -0.05) is 20.3 Å². The summed E-state index contributed by atoms with van der Waals surface area (Å²) in [4.78, 5) is 8.89. The first-order valence-corrected chi connectivity index (χ1v) is 6.90. The Labute approximate surface area is 104 Å². The van der Waals surface area contributed by atoms with Crippen LogP contribution >= 0.6 is 0 Å². The Morgan fingerprint density at radius 1 is 1.29 bits per heavy atom. The monoisotopic (exact) mass is 233 g/mol. The van der Waals surface area contributed by atoms with Crippen LogP contribution in [-0.4, -0.2) is 22.6 Å². The molecule has 1 aromatic heterocycles. The lowest BCUT2D eigenvalue weighted by atomic mass is 10.0. The molecule has 94 valence electrons. The maximum absolute atomic E-state index is 4.50. The van der Waals surface area contributed by atoms with E-state index in [4.69, 9.17) is 0 Å². The molecular formula is C14H23N3. The molecule has 0 aliphatic heterocycles.